The molecule has 0 bridgehead atoms. The lowest BCUT2D eigenvalue weighted by Crippen LogP contribution is -2.61. The monoisotopic (exact) mass is 194 g/mol. The molecule has 3 nitrogen and oxygen atoms in total. The van der Waals surface area contributed by atoms with Gasteiger partial charge in [-0.2, -0.15) is 0 Å². The van der Waals surface area contributed by atoms with Crippen molar-refractivity contribution < 1.29 is 4.58 Å². The zero-order valence-electron chi connectivity index (χ0n) is 9.09. The fourth-order valence-corrected chi connectivity index (χ4v) is 3.38. The molecular formula is C11H20N3+. The quantitative estimate of drug-likeness (QED) is 0.554. The first-order valence-electron chi connectivity index (χ1n) is 5.92. The van der Waals surface area contributed by atoms with E-state index in [1.807, 2.05) is 0 Å². The van der Waals surface area contributed by atoms with E-state index < -0.39 is 0 Å². The van der Waals surface area contributed by atoms with Crippen molar-refractivity contribution in [3.63, 3.8) is 0 Å². The van der Waals surface area contributed by atoms with Gasteiger partial charge in [0.15, 0.2) is 0 Å². The van der Waals surface area contributed by atoms with Crippen molar-refractivity contribution in [2.45, 2.75) is 63.7 Å². The number of hydrogen-bond acceptors (Lipinski definition) is 2. The van der Waals surface area contributed by atoms with E-state index in [1.165, 1.54) is 31.6 Å². The van der Waals surface area contributed by atoms with Gasteiger partial charge in [-0.1, -0.05) is 0 Å². The van der Waals surface area contributed by atoms with Crippen LogP contribution in [-0.4, -0.2) is 34.7 Å². The van der Waals surface area contributed by atoms with Crippen molar-refractivity contribution >= 4 is 5.96 Å². The second-order valence-electron chi connectivity index (χ2n) is 5.20. The van der Waals surface area contributed by atoms with Gasteiger partial charge in [0.25, 0.3) is 0 Å². The SMILES string of the molecule is C[C@@H]1C[C@@H]2CC[C@@H]3C[C@H](C)NC(=[N+]32)N1. The summed E-state index contributed by atoms with van der Waals surface area (Å²) >= 11 is 0. The molecule has 4 atom stereocenters. The van der Waals surface area contributed by atoms with Crippen LogP contribution in [0.5, 0.6) is 0 Å². The molecule has 0 saturated carbocycles. The summed E-state index contributed by atoms with van der Waals surface area (Å²) in [7, 11) is 0. The second-order valence-corrected chi connectivity index (χ2v) is 5.20. The molecule has 0 amide bonds. The van der Waals surface area contributed by atoms with Gasteiger partial charge in [-0.15, -0.1) is 0 Å². The second kappa shape index (κ2) is 2.88. The number of nitrogens with zero attached hydrogens (tertiary/aromatic N) is 1. The van der Waals surface area contributed by atoms with Crippen LogP contribution in [0.25, 0.3) is 0 Å². The van der Waals surface area contributed by atoms with Crippen LogP contribution in [0.1, 0.15) is 39.5 Å². The van der Waals surface area contributed by atoms with Gasteiger partial charge in [0.2, 0.25) is 0 Å². The van der Waals surface area contributed by atoms with E-state index >= 15 is 0 Å². The minimum atomic E-state index is 0.641. The number of guanidine groups is 1. The maximum Gasteiger partial charge on any atom is 0.346 e. The molecule has 1 fully saturated rings. The third-order valence-corrected chi connectivity index (χ3v) is 3.90. The lowest BCUT2D eigenvalue weighted by molar-refractivity contribution is -0.592. The van der Waals surface area contributed by atoms with Crippen molar-refractivity contribution in [2.75, 3.05) is 0 Å². The van der Waals surface area contributed by atoms with Crippen LogP contribution in [0.2, 0.25) is 0 Å². The first-order valence-corrected chi connectivity index (χ1v) is 5.92. The Bertz CT molecular complexity index is 258. The average Bonchev–Trinajstić information content (AvgIpc) is 2.48. The van der Waals surface area contributed by atoms with Gasteiger partial charge < -0.3 is 0 Å². The molecule has 0 unspecified atom stereocenters. The van der Waals surface area contributed by atoms with Crippen LogP contribution in [0.3, 0.4) is 0 Å². The molecule has 3 heterocycles. The summed E-state index contributed by atoms with van der Waals surface area (Å²) < 4.78 is 2.61. The Morgan fingerprint density at radius 2 is 1.50 bits per heavy atom. The van der Waals surface area contributed by atoms with E-state index in [9.17, 15) is 0 Å². The Morgan fingerprint density at radius 1 is 1.00 bits per heavy atom. The maximum atomic E-state index is 3.58. The summed E-state index contributed by atoms with van der Waals surface area (Å²) in [5, 5.41) is 7.16. The standard InChI is InChI=1S/C11H19N3/c1-7-5-9-3-4-10-6-8(2)13-11(12-7)14(9)10/h7-10H,3-6H2,1-2H3,(H,12,13)/p+1/t7-,8+,9+,10-. The van der Waals surface area contributed by atoms with Crippen molar-refractivity contribution in [2.24, 2.45) is 0 Å². The normalized spacial score (nSPS) is 45.6. The van der Waals surface area contributed by atoms with Crippen molar-refractivity contribution in [3.05, 3.63) is 0 Å². The Labute approximate surface area is 85.6 Å². The molecule has 0 aliphatic carbocycles. The summed E-state index contributed by atoms with van der Waals surface area (Å²) in [6.07, 6.45) is 5.43. The molecule has 0 radical (unpaired) electrons. The van der Waals surface area contributed by atoms with Gasteiger partial charge >= 0.3 is 5.96 Å². The molecule has 14 heavy (non-hydrogen) atoms. The predicted molar refractivity (Wildman–Crippen MR) is 56.5 cm³/mol. The van der Waals surface area contributed by atoms with Crippen molar-refractivity contribution in [3.8, 4) is 0 Å². The molecule has 3 rings (SSSR count). The van der Waals surface area contributed by atoms with E-state index in [4.69, 9.17) is 0 Å². The Morgan fingerprint density at radius 3 is 2.00 bits per heavy atom. The first-order chi connectivity index (χ1) is 6.74. The Balaban J connectivity index is 1.97. The summed E-state index contributed by atoms with van der Waals surface area (Å²) in [4.78, 5) is 0. The number of rotatable bonds is 0. The van der Waals surface area contributed by atoms with Gasteiger partial charge in [-0.3, -0.25) is 15.2 Å². The fourth-order valence-electron chi connectivity index (χ4n) is 3.38. The predicted octanol–water partition coefficient (Wildman–Crippen LogP) is 0.649. The van der Waals surface area contributed by atoms with Crippen LogP contribution in [0.4, 0.5) is 0 Å². The molecule has 1 saturated heterocycles. The number of hydrogen-bond donors (Lipinski definition) is 2. The number of nitrogens with one attached hydrogen (secondary N) is 2. The summed E-state index contributed by atoms with van der Waals surface area (Å²) in [6, 6.07) is 2.91. The Hall–Kier alpha value is -0.730. The molecule has 2 N–H and O–H groups in total. The average molecular weight is 194 g/mol. The molecule has 0 spiro atoms. The zero-order valence-corrected chi connectivity index (χ0v) is 9.09. The van der Waals surface area contributed by atoms with Gasteiger partial charge in [-0.05, 0) is 26.7 Å². The smallest absolute Gasteiger partial charge is 0.275 e. The van der Waals surface area contributed by atoms with Gasteiger partial charge in [-0.25, -0.2) is 0 Å². The van der Waals surface area contributed by atoms with Crippen molar-refractivity contribution in [1.82, 2.24) is 10.6 Å². The molecule has 0 aromatic carbocycles. The van der Waals surface area contributed by atoms with E-state index in [0.29, 0.717) is 12.1 Å². The fraction of sp³-hybridized carbons (Fsp3) is 0.909. The minimum Gasteiger partial charge on any atom is -0.275 e. The maximum absolute atomic E-state index is 3.58. The molecule has 78 valence electrons. The Kier molecular flexibility index (Phi) is 1.76. The van der Waals surface area contributed by atoms with Gasteiger partial charge in [0.05, 0.1) is 24.2 Å². The summed E-state index contributed by atoms with van der Waals surface area (Å²) in [5.74, 6) is 1.31. The van der Waals surface area contributed by atoms with Gasteiger partial charge in [0.1, 0.15) is 0 Å². The highest BCUT2D eigenvalue weighted by molar-refractivity contribution is 5.76. The molecular weight excluding hydrogens is 174 g/mol. The molecule has 3 heteroatoms. The van der Waals surface area contributed by atoms with E-state index in [-0.39, 0.29) is 0 Å². The highest BCUT2D eigenvalue weighted by atomic mass is 15.3. The topological polar surface area (TPSA) is 27.1 Å². The zero-order chi connectivity index (χ0) is 9.71. The third kappa shape index (κ3) is 1.14. The summed E-state index contributed by atoms with van der Waals surface area (Å²) in [6.45, 7) is 4.58. The van der Waals surface area contributed by atoms with Crippen LogP contribution >= 0.6 is 0 Å². The van der Waals surface area contributed by atoms with Crippen LogP contribution in [-0.2, 0) is 0 Å². The lowest BCUT2D eigenvalue weighted by atomic mass is 10.1. The minimum absolute atomic E-state index is 0.641. The van der Waals surface area contributed by atoms with Crippen LogP contribution < -0.4 is 10.6 Å². The van der Waals surface area contributed by atoms with Crippen LogP contribution in [0.15, 0.2) is 0 Å². The van der Waals surface area contributed by atoms with E-state index in [2.05, 4.69) is 29.1 Å². The largest absolute Gasteiger partial charge is 0.346 e. The van der Waals surface area contributed by atoms with Crippen LogP contribution in [0, 0.1) is 0 Å². The molecule has 3 aliphatic heterocycles. The molecule has 0 aromatic heterocycles. The van der Waals surface area contributed by atoms with E-state index in [0.717, 1.165) is 12.1 Å². The summed E-state index contributed by atoms with van der Waals surface area (Å²) in [5.41, 5.74) is 0. The molecule has 3 aliphatic rings. The van der Waals surface area contributed by atoms with Gasteiger partial charge in [0, 0.05) is 12.8 Å². The lowest BCUT2D eigenvalue weighted by Gasteiger charge is -2.33. The van der Waals surface area contributed by atoms with E-state index in [1.54, 1.807) is 0 Å². The molecule has 0 aromatic rings. The highest BCUT2D eigenvalue weighted by Gasteiger charge is 2.43. The highest BCUT2D eigenvalue weighted by Crippen LogP contribution is 2.29. The first kappa shape index (κ1) is 8.57. The van der Waals surface area contributed by atoms with Crippen molar-refractivity contribution in [1.29, 1.82) is 0 Å². The third-order valence-electron chi connectivity index (χ3n) is 3.90.